The Kier molecular flexibility index (Phi) is 5.51. The van der Waals surface area contributed by atoms with Gasteiger partial charge in [0.15, 0.2) is 0 Å². The van der Waals surface area contributed by atoms with E-state index in [-0.39, 0.29) is 11.9 Å². The molecule has 4 rings (SSSR count). The second kappa shape index (κ2) is 8.21. The first-order chi connectivity index (χ1) is 13.6. The molecule has 5 nitrogen and oxygen atoms in total. The Morgan fingerprint density at radius 1 is 1.11 bits per heavy atom. The summed E-state index contributed by atoms with van der Waals surface area (Å²) in [5, 5.41) is 0. The number of carbonyl (C=O) groups excluding carboxylic acids is 1. The van der Waals surface area contributed by atoms with E-state index in [2.05, 4.69) is 35.5 Å². The van der Waals surface area contributed by atoms with Gasteiger partial charge >= 0.3 is 0 Å². The molecule has 0 saturated carbocycles. The number of fused-ring (bicyclic) bond motifs is 1. The van der Waals surface area contributed by atoms with E-state index in [9.17, 15) is 4.79 Å². The van der Waals surface area contributed by atoms with Gasteiger partial charge in [0.25, 0.3) is 0 Å². The smallest absolute Gasteiger partial charge is 0.223 e. The van der Waals surface area contributed by atoms with Crippen LogP contribution in [0.25, 0.3) is 11.0 Å². The molecule has 28 heavy (non-hydrogen) atoms. The van der Waals surface area contributed by atoms with Crippen molar-refractivity contribution in [2.24, 2.45) is 0 Å². The minimum atomic E-state index is 0.102. The molecule has 1 atom stereocenters. The van der Waals surface area contributed by atoms with Crippen LogP contribution in [-0.4, -0.2) is 31.9 Å². The number of aryl methyl sites for hydroxylation is 2. The predicted molar refractivity (Wildman–Crippen MR) is 112 cm³/mol. The lowest BCUT2D eigenvalue weighted by Crippen LogP contribution is -2.30. The first kappa shape index (κ1) is 18.8. The van der Waals surface area contributed by atoms with E-state index in [0.717, 1.165) is 62.1 Å². The van der Waals surface area contributed by atoms with Crippen molar-refractivity contribution < 1.29 is 4.79 Å². The molecule has 1 N–H and O–H groups in total. The number of unbranched alkanes of at least 4 members (excludes halogenated alkanes) is 2. The highest BCUT2D eigenvalue weighted by Crippen LogP contribution is 2.32. The highest BCUT2D eigenvalue weighted by atomic mass is 16.2. The zero-order valence-corrected chi connectivity index (χ0v) is 16.9. The maximum atomic E-state index is 12.8. The van der Waals surface area contributed by atoms with E-state index in [1.165, 1.54) is 11.4 Å². The number of para-hydroxylation sites is 2. The van der Waals surface area contributed by atoms with Crippen LogP contribution in [0.15, 0.2) is 36.4 Å². The topological polar surface area (TPSA) is 53.9 Å². The molecule has 1 saturated heterocycles. The summed E-state index contributed by atoms with van der Waals surface area (Å²) < 4.78 is 2.36. The SMILES string of the molecule is Cc1ccc(C)n1CCCCCC(=O)N1CCC[C@H]1c1nc2ccccc2[nH]1. The Labute approximate surface area is 166 Å². The number of nitrogens with zero attached hydrogens (tertiary/aromatic N) is 3. The first-order valence-corrected chi connectivity index (χ1v) is 10.5. The van der Waals surface area contributed by atoms with E-state index >= 15 is 0 Å². The average Bonchev–Trinajstić information content (AvgIpc) is 3.41. The molecule has 0 radical (unpaired) electrons. The summed E-state index contributed by atoms with van der Waals surface area (Å²) >= 11 is 0. The number of aromatic amines is 1. The number of carbonyl (C=O) groups is 1. The summed E-state index contributed by atoms with van der Waals surface area (Å²) in [4.78, 5) is 23.0. The number of H-pyrrole nitrogens is 1. The molecule has 1 aliphatic heterocycles. The van der Waals surface area contributed by atoms with Gasteiger partial charge in [-0.1, -0.05) is 18.6 Å². The van der Waals surface area contributed by atoms with E-state index in [0.29, 0.717) is 6.42 Å². The summed E-state index contributed by atoms with van der Waals surface area (Å²) in [6, 6.07) is 12.5. The van der Waals surface area contributed by atoms with Crippen LogP contribution in [0.1, 0.15) is 61.8 Å². The minimum Gasteiger partial charge on any atom is -0.349 e. The predicted octanol–water partition coefficient (Wildman–Crippen LogP) is 4.91. The summed E-state index contributed by atoms with van der Waals surface area (Å²) in [6.45, 7) is 6.21. The third-order valence-electron chi connectivity index (χ3n) is 5.99. The number of aromatic nitrogens is 3. The van der Waals surface area contributed by atoms with Crippen LogP contribution in [0.2, 0.25) is 0 Å². The number of hydrogen-bond acceptors (Lipinski definition) is 2. The van der Waals surface area contributed by atoms with Crippen LogP contribution in [0.5, 0.6) is 0 Å². The quantitative estimate of drug-likeness (QED) is 0.594. The highest BCUT2D eigenvalue weighted by molar-refractivity contribution is 5.78. The Bertz CT molecular complexity index is 902. The second-order valence-corrected chi connectivity index (χ2v) is 7.96. The van der Waals surface area contributed by atoms with Gasteiger partial charge < -0.3 is 14.5 Å². The van der Waals surface area contributed by atoms with Crippen molar-refractivity contribution in [3.05, 3.63) is 53.6 Å². The standard InChI is InChI=1S/C23H30N4O/c1-17-13-14-18(2)26(17)15-7-3-4-12-22(28)27-16-8-11-21(27)23-24-19-9-5-6-10-20(19)25-23/h5-6,9-10,13-14,21H,3-4,7-8,11-12,15-16H2,1-2H3,(H,24,25)/t21-/m0/s1. The van der Waals surface area contributed by atoms with Crippen LogP contribution in [0, 0.1) is 13.8 Å². The van der Waals surface area contributed by atoms with Crippen molar-refractivity contribution in [3.63, 3.8) is 0 Å². The summed E-state index contributed by atoms with van der Waals surface area (Å²) in [7, 11) is 0. The molecule has 1 amide bonds. The molecule has 1 fully saturated rings. The Morgan fingerprint density at radius 3 is 2.68 bits per heavy atom. The van der Waals surface area contributed by atoms with Crippen LogP contribution in [0.3, 0.4) is 0 Å². The van der Waals surface area contributed by atoms with Gasteiger partial charge in [0.05, 0.1) is 17.1 Å². The van der Waals surface area contributed by atoms with E-state index in [1.54, 1.807) is 0 Å². The lowest BCUT2D eigenvalue weighted by atomic mass is 10.1. The highest BCUT2D eigenvalue weighted by Gasteiger charge is 2.31. The molecule has 1 aliphatic rings. The number of amides is 1. The number of benzene rings is 1. The van der Waals surface area contributed by atoms with Crippen LogP contribution < -0.4 is 0 Å². The minimum absolute atomic E-state index is 0.102. The molecule has 2 aromatic heterocycles. The van der Waals surface area contributed by atoms with Crippen molar-refractivity contribution in [1.29, 1.82) is 0 Å². The normalized spacial score (nSPS) is 16.9. The lowest BCUT2D eigenvalue weighted by molar-refractivity contribution is -0.132. The molecule has 3 aromatic rings. The third-order valence-corrected chi connectivity index (χ3v) is 5.99. The van der Waals surface area contributed by atoms with Crippen molar-refractivity contribution >= 4 is 16.9 Å². The van der Waals surface area contributed by atoms with E-state index in [4.69, 9.17) is 4.98 Å². The summed E-state index contributed by atoms with van der Waals surface area (Å²) in [5.41, 5.74) is 4.67. The van der Waals surface area contributed by atoms with Crippen molar-refractivity contribution in [3.8, 4) is 0 Å². The van der Waals surface area contributed by atoms with Crippen LogP contribution >= 0.6 is 0 Å². The largest absolute Gasteiger partial charge is 0.349 e. The molecule has 0 unspecified atom stereocenters. The molecule has 0 bridgehead atoms. The molecule has 0 spiro atoms. The fourth-order valence-electron chi connectivity index (χ4n) is 4.40. The Hall–Kier alpha value is -2.56. The molecule has 0 aliphatic carbocycles. The third kappa shape index (κ3) is 3.84. The molecular formula is C23H30N4O. The lowest BCUT2D eigenvalue weighted by Gasteiger charge is -2.23. The van der Waals surface area contributed by atoms with Crippen LogP contribution in [0.4, 0.5) is 0 Å². The fourth-order valence-corrected chi connectivity index (χ4v) is 4.40. The second-order valence-electron chi connectivity index (χ2n) is 7.96. The zero-order valence-electron chi connectivity index (χ0n) is 16.9. The number of likely N-dealkylation sites (tertiary alicyclic amines) is 1. The van der Waals surface area contributed by atoms with Gasteiger partial charge in [-0.25, -0.2) is 4.98 Å². The van der Waals surface area contributed by atoms with Gasteiger partial charge in [-0.05, 0) is 63.8 Å². The maximum Gasteiger partial charge on any atom is 0.223 e. The van der Waals surface area contributed by atoms with Crippen LogP contribution in [-0.2, 0) is 11.3 Å². The van der Waals surface area contributed by atoms with Gasteiger partial charge in [0.1, 0.15) is 5.82 Å². The Balaban J connectivity index is 1.29. The van der Waals surface area contributed by atoms with Gasteiger partial charge in [0, 0.05) is 30.9 Å². The molecular weight excluding hydrogens is 348 g/mol. The number of imidazole rings is 1. The van der Waals surface area contributed by atoms with E-state index < -0.39 is 0 Å². The Morgan fingerprint density at radius 2 is 1.89 bits per heavy atom. The van der Waals surface area contributed by atoms with E-state index in [1.807, 2.05) is 29.2 Å². The number of rotatable bonds is 7. The number of nitrogens with one attached hydrogen (secondary N) is 1. The van der Waals surface area contributed by atoms with Crippen molar-refractivity contribution in [2.75, 3.05) is 6.54 Å². The first-order valence-electron chi connectivity index (χ1n) is 10.5. The molecule has 5 heteroatoms. The van der Waals surface area contributed by atoms with Crippen molar-refractivity contribution in [2.45, 2.75) is 65.0 Å². The molecule has 148 valence electrons. The molecule has 3 heterocycles. The van der Waals surface area contributed by atoms with Gasteiger partial charge in [0.2, 0.25) is 5.91 Å². The van der Waals surface area contributed by atoms with Gasteiger partial charge in [-0.15, -0.1) is 0 Å². The van der Waals surface area contributed by atoms with Gasteiger partial charge in [-0.2, -0.15) is 0 Å². The average molecular weight is 379 g/mol. The summed E-state index contributed by atoms with van der Waals surface area (Å²) in [6.07, 6.45) is 5.86. The fraction of sp³-hybridized carbons (Fsp3) is 0.478. The molecule has 1 aromatic carbocycles. The zero-order chi connectivity index (χ0) is 19.5. The number of hydrogen-bond donors (Lipinski definition) is 1. The van der Waals surface area contributed by atoms with Crippen molar-refractivity contribution in [1.82, 2.24) is 19.4 Å². The summed E-state index contributed by atoms with van der Waals surface area (Å²) in [5.74, 6) is 1.21. The monoisotopic (exact) mass is 378 g/mol. The van der Waals surface area contributed by atoms with Gasteiger partial charge in [-0.3, -0.25) is 4.79 Å². The maximum absolute atomic E-state index is 12.8.